The van der Waals surface area contributed by atoms with Crippen LogP contribution in [-0.2, 0) is 24.0 Å². The Morgan fingerprint density at radius 1 is 0.519 bits per heavy atom. The van der Waals surface area contributed by atoms with Crippen LogP contribution in [0.5, 0.6) is 0 Å². The molecule has 13 nitrogen and oxygen atoms in total. The molecular formula is C14H25N5O8. The Morgan fingerprint density at radius 2 is 0.778 bits per heavy atom. The van der Waals surface area contributed by atoms with Gasteiger partial charge in [0.05, 0.1) is 32.7 Å². The first kappa shape index (κ1) is 24.2. The van der Waals surface area contributed by atoms with Gasteiger partial charge in [0.2, 0.25) is 11.8 Å². The lowest BCUT2D eigenvalue weighted by molar-refractivity contribution is -0.140. The number of amides is 2. The molecule has 2 amide bonds. The first-order valence-electron chi connectivity index (χ1n) is 7.88. The molecule has 154 valence electrons. The van der Waals surface area contributed by atoms with Gasteiger partial charge in [0, 0.05) is 26.2 Å². The van der Waals surface area contributed by atoms with E-state index < -0.39 is 49.4 Å². The Labute approximate surface area is 155 Å². The summed E-state index contributed by atoms with van der Waals surface area (Å²) in [6.45, 7) is -1.62. The standard InChI is InChI=1S/C14H25N5O8/c15-10(20)5-18(8-13(24)25)3-1-17(7-12(22)23)2-4-19(6-11(16)21)9-14(26)27/h1-9H2,(H2,15,20)(H2,16,21)(H,22,23)(H,24,25)(H,26,27). The van der Waals surface area contributed by atoms with Crippen LogP contribution < -0.4 is 11.5 Å². The van der Waals surface area contributed by atoms with Crippen molar-refractivity contribution in [3.63, 3.8) is 0 Å². The van der Waals surface area contributed by atoms with E-state index in [2.05, 4.69) is 0 Å². The van der Waals surface area contributed by atoms with Crippen LogP contribution in [0.15, 0.2) is 0 Å². The quantitative estimate of drug-likeness (QED) is 0.172. The third-order valence-electron chi connectivity index (χ3n) is 3.30. The van der Waals surface area contributed by atoms with E-state index in [-0.39, 0.29) is 39.3 Å². The van der Waals surface area contributed by atoms with Crippen molar-refractivity contribution in [1.82, 2.24) is 14.7 Å². The average Bonchev–Trinajstić information content (AvgIpc) is 2.46. The number of aliphatic carboxylic acids is 3. The lowest BCUT2D eigenvalue weighted by Gasteiger charge is -2.27. The highest BCUT2D eigenvalue weighted by Gasteiger charge is 2.18. The van der Waals surface area contributed by atoms with Crippen molar-refractivity contribution in [1.29, 1.82) is 0 Å². The van der Waals surface area contributed by atoms with Crippen LogP contribution in [0.1, 0.15) is 0 Å². The number of carboxylic acids is 3. The maximum atomic E-state index is 11.0. The second-order valence-electron chi connectivity index (χ2n) is 5.81. The van der Waals surface area contributed by atoms with Gasteiger partial charge in [-0.1, -0.05) is 0 Å². The van der Waals surface area contributed by atoms with Gasteiger partial charge < -0.3 is 26.8 Å². The Hall–Kier alpha value is -2.77. The number of carboxylic acid groups (broad SMARTS) is 3. The van der Waals surface area contributed by atoms with Crippen molar-refractivity contribution in [2.75, 3.05) is 58.9 Å². The van der Waals surface area contributed by atoms with E-state index in [9.17, 15) is 24.0 Å². The zero-order valence-electron chi connectivity index (χ0n) is 14.7. The van der Waals surface area contributed by atoms with Gasteiger partial charge in [-0.2, -0.15) is 0 Å². The molecule has 0 saturated heterocycles. The molecule has 0 saturated carbocycles. The Morgan fingerprint density at radius 3 is 1.04 bits per heavy atom. The fraction of sp³-hybridized carbons (Fsp3) is 0.643. The minimum absolute atomic E-state index is 0.0528. The van der Waals surface area contributed by atoms with Crippen LogP contribution in [0, 0.1) is 0 Å². The summed E-state index contributed by atoms with van der Waals surface area (Å²) in [6, 6.07) is 0. The lowest BCUT2D eigenvalue weighted by atomic mass is 10.3. The minimum atomic E-state index is -1.17. The summed E-state index contributed by atoms with van der Waals surface area (Å²) in [5, 5.41) is 26.7. The number of nitrogens with zero attached hydrogens (tertiary/aromatic N) is 3. The minimum Gasteiger partial charge on any atom is -0.480 e. The van der Waals surface area contributed by atoms with Gasteiger partial charge in [-0.25, -0.2) is 0 Å². The highest BCUT2D eigenvalue weighted by Crippen LogP contribution is 1.96. The number of primary amides is 2. The van der Waals surface area contributed by atoms with Gasteiger partial charge in [0.25, 0.3) is 0 Å². The molecule has 27 heavy (non-hydrogen) atoms. The molecule has 0 unspecified atom stereocenters. The van der Waals surface area contributed by atoms with Crippen molar-refractivity contribution in [3.05, 3.63) is 0 Å². The van der Waals surface area contributed by atoms with Gasteiger partial charge in [-0.15, -0.1) is 0 Å². The van der Waals surface area contributed by atoms with Crippen LogP contribution >= 0.6 is 0 Å². The lowest BCUT2D eigenvalue weighted by Crippen LogP contribution is -2.46. The molecule has 0 aromatic rings. The Balaban J connectivity index is 4.85. The summed E-state index contributed by atoms with van der Waals surface area (Å²) >= 11 is 0. The van der Waals surface area contributed by atoms with Crippen LogP contribution in [0.3, 0.4) is 0 Å². The van der Waals surface area contributed by atoms with Crippen LogP contribution in [-0.4, -0.2) is 119 Å². The highest BCUT2D eigenvalue weighted by molar-refractivity contribution is 5.77. The van der Waals surface area contributed by atoms with Gasteiger partial charge in [-0.3, -0.25) is 38.7 Å². The third-order valence-corrected chi connectivity index (χ3v) is 3.30. The predicted octanol–water partition coefficient (Wildman–Crippen LogP) is -3.88. The van der Waals surface area contributed by atoms with Crippen LogP contribution in [0.2, 0.25) is 0 Å². The molecule has 0 aromatic carbocycles. The molecule has 7 N–H and O–H groups in total. The molecule has 0 aliphatic rings. The molecular weight excluding hydrogens is 366 g/mol. The second-order valence-corrected chi connectivity index (χ2v) is 5.81. The summed E-state index contributed by atoms with van der Waals surface area (Å²) in [4.78, 5) is 58.6. The summed E-state index contributed by atoms with van der Waals surface area (Å²) in [5.74, 6) is -4.94. The maximum Gasteiger partial charge on any atom is 0.317 e. The van der Waals surface area contributed by atoms with E-state index in [0.717, 1.165) is 0 Å². The van der Waals surface area contributed by atoms with Crippen molar-refractivity contribution in [3.8, 4) is 0 Å². The first-order chi connectivity index (χ1) is 12.5. The van der Waals surface area contributed by atoms with Crippen molar-refractivity contribution in [2.45, 2.75) is 0 Å². The number of nitrogens with two attached hydrogens (primary N) is 2. The smallest absolute Gasteiger partial charge is 0.317 e. The number of hydrogen-bond donors (Lipinski definition) is 5. The molecule has 0 aromatic heterocycles. The van der Waals surface area contributed by atoms with Crippen molar-refractivity contribution >= 4 is 29.7 Å². The monoisotopic (exact) mass is 391 g/mol. The molecule has 0 aliphatic carbocycles. The molecule has 0 rings (SSSR count). The molecule has 0 atom stereocenters. The average molecular weight is 391 g/mol. The zero-order valence-corrected chi connectivity index (χ0v) is 14.7. The largest absolute Gasteiger partial charge is 0.480 e. The van der Waals surface area contributed by atoms with Gasteiger partial charge >= 0.3 is 17.9 Å². The maximum absolute atomic E-state index is 11.0. The van der Waals surface area contributed by atoms with E-state index in [1.54, 1.807) is 0 Å². The van der Waals surface area contributed by atoms with Gasteiger partial charge in [0.1, 0.15) is 0 Å². The normalized spacial score (nSPS) is 11.1. The number of rotatable bonds is 16. The van der Waals surface area contributed by atoms with E-state index >= 15 is 0 Å². The second kappa shape index (κ2) is 12.6. The van der Waals surface area contributed by atoms with E-state index in [1.807, 2.05) is 0 Å². The fourth-order valence-electron chi connectivity index (χ4n) is 2.28. The van der Waals surface area contributed by atoms with E-state index in [1.165, 1.54) is 14.7 Å². The third kappa shape index (κ3) is 14.1. The Kier molecular flexibility index (Phi) is 11.3. The summed E-state index contributed by atoms with van der Waals surface area (Å²) < 4.78 is 0. The topological polar surface area (TPSA) is 208 Å². The fourth-order valence-corrected chi connectivity index (χ4v) is 2.28. The zero-order chi connectivity index (χ0) is 21.0. The SMILES string of the molecule is NC(=O)CN(CCN(CCN(CC(N)=O)CC(=O)O)CC(=O)O)CC(=O)O. The predicted molar refractivity (Wildman–Crippen MR) is 90.6 cm³/mol. The number of carbonyl (C=O) groups is 5. The van der Waals surface area contributed by atoms with Crippen molar-refractivity contribution in [2.24, 2.45) is 11.5 Å². The molecule has 0 fully saturated rings. The van der Waals surface area contributed by atoms with Gasteiger partial charge in [-0.05, 0) is 0 Å². The number of hydrogen-bond acceptors (Lipinski definition) is 8. The van der Waals surface area contributed by atoms with E-state index in [4.69, 9.17) is 26.8 Å². The highest BCUT2D eigenvalue weighted by atomic mass is 16.4. The Bertz CT molecular complexity index is 484. The first-order valence-corrected chi connectivity index (χ1v) is 7.88. The molecule has 0 bridgehead atoms. The van der Waals surface area contributed by atoms with Crippen molar-refractivity contribution < 1.29 is 39.3 Å². The van der Waals surface area contributed by atoms with Crippen LogP contribution in [0.25, 0.3) is 0 Å². The summed E-state index contributed by atoms with van der Waals surface area (Å²) in [7, 11) is 0. The van der Waals surface area contributed by atoms with Gasteiger partial charge in [0.15, 0.2) is 0 Å². The van der Waals surface area contributed by atoms with E-state index in [0.29, 0.717) is 0 Å². The van der Waals surface area contributed by atoms with Crippen LogP contribution in [0.4, 0.5) is 0 Å². The molecule has 0 heterocycles. The molecule has 0 radical (unpaired) electrons. The molecule has 13 heteroatoms. The summed E-state index contributed by atoms with van der Waals surface area (Å²) in [5.41, 5.74) is 10.1. The summed E-state index contributed by atoms with van der Waals surface area (Å²) in [6.07, 6.45) is 0. The number of carbonyl (C=O) groups excluding carboxylic acids is 2. The molecule has 0 aliphatic heterocycles. The molecule has 0 spiro atoms.